The predicted octanol–water partition coefficient (Wildman–Crippen LogP) is 1.14. The summed E-state index contributed by atoms with van der Waals surface area (Å²) in [7, 11) is 0. The monoisotopic (exact) mass is 294 g/mol. The number of hydrogen-bond donors (Lipinski definition) is 0. The molecular formula is C15H26N4O2. The van der Waals surface area contributed by atoms with E-state index >= 15 is 0 Å². The first-order valence-electron chi connectivity index (χ1n) is 8.08. The van der Waals surface area contributed by atoms with Crippen molar-refractivity contribution in [2.24, 2.45) is 0 Å². The molecule has 0 unspecified atom stereocenters. The number of hydrogen-bond acceptors (Lipinski definition) is 4. The summed E-state index contributed by atoms with van der Waals surface area (Å²) in [6, 6.07) is -0.121. The SMILES string of the molecule is CC1(C)C(=O)N(CN2CCCC2)C(=O)N1CN1CCCC1. The van der Waals surface area contributed by atoms with Crippen LogP contribution in [0.2, 0.25) is 0 Å². The number of urea groups is 1. The van der Waals surface area contributed by atoms with Crippen molar-refractivity contribution in [2.45, 2.75) is 45.1 Å². The molecule has 3 fully saturated rings. The van der Waals surface area contributed by atoms with Gasteiger partial charge in [-0.1, -0.05) is 0 Å². The molecule has 3 heterocycles. The molecule has 0 saturated carbocycles. The molecule has 3 saturated heterocycles. The molecule has 3 aliphatic rings. The Bertz CT molecular complexity index is 425. The van der Waals surface area contributed by atoms with Crippen molar-refractivity contribution >= 4 is 11.9 Å². The number of amides is 3. The highest BCUT2D eigenvalue weighted by molar-refractivity contribution is 6.06. The number of rotatable bonds is 4. The standard InChI is InChI=1S/C15H26N4O2/c1-15(2)13(20)18(11-16-7-3-4-8-16)14(21)19(15)12-17-9-5-6-10-17/h3-12H2,1-2H3. The first-order chi connectivity index (χ1) is 10.00. The average Bonchev–Trinajstić information content (AvgIpc) is 3.15. The van der Waals surface area contributed by atoms with Crippen molar-refractivity contribution in [2.75, 3.05) is 39.5 Å². The van der Waals surface area contributed by atoms with Crippen molar-refractivity contribution in [3.8, 4) is 0 Å². The van der Waals surface area contributed by atoms with Crippen molar-refractivity contribution < 1.29 is 9.59 Å². The number of imide groups is 1. The van der Waals surface area contributed by atoms with Gasteiger partial charge < -0.3 is 0 Å². The van der Waals surface area contributed by atoms with Crippen LogP contribution in [-0.4, -0.2) is 76.6 Å². The molecule has 118 valence electrons. The quantitative estimate of drug-likeness (QED) is 0.730. The Morgan fingerprint density at radius 1 is 0.857 bits per heavy atom. The van der Waals surface area contributed by atoms with Crippen molar-refractivity contribution in [1.82, 2.24) is 19.6 Å². The van der Waals surface area contributed by atoms with Crippen LogP contribution in [0.15, 0.2) is 0 Å². The Balaban J connectivity index is 1.71. The Hall–Kier alpha value is -1.14. The van der Waals surface area contributed by atoms with Crippen molar-refractivity contribution in [3.63, 3.8) is 0 Å². The summed E-state index contributed by atoms with van der Waals surface area (Å²) in [4.78, 5) is 33.0. The third-order valence-corrected chi connectivity index (χ3v) is 4.99. The third kappa shape index (κ3) is 2.66. The average molecular weight is 294 g/mol. The molecule has 0 aliphatic carbocycles. The molecule has 0 bridgehead atoms. The first kappa shape index (κ1) is 14.8. The second kappa shape index (κ2) is 5.57. The highest BCUT2D eigenvalue weighted by atomic mass is 16.2. The molecule has 0 aromatic rings. The van der Waals surface area contributed by atoms with Gasteiger partial charge in [-0.05, 0) is 65.7 Å². The van der Waals surface area contributed by atoms with E-state index in [0.717, 1.165) is 39.0 Å². The lowest BCUT2D eigenvalue weighted by Gasteiger charge is -2.31. The minimum absolute atomic E-state index is 0.0569. The van der Waals surface area contributed by atoms with Gasteiger partial charge >= 0.3 is 6.03 Å². The molecule has 21 heavy (non-hydrogen) atoms. The van der Waals surface area contributed by atoms with Crippen LogP contribution < -0.4 is 0 Å². The van der Waals surface area contributed by atoms with Gasteiger partial charge in [-0.2, -0.15) is 0 Å². The van der Waals surface area contributed by atoms with Gasteiger partial charge in [0, 0.05) is 0 Å². The molecule has 0 aromatic heterocycles. The smallest absolute Gasteiger partial charge is 0.297 e. The van der Waals surface area contributed by atoms with E-state index in [-0.39, 0.29) is 11.9 Å². The fourth-order valence-corrected chi connectivity index (χ4v) is 3.53. The zero-order valence-electron chi connectivity index (χ0n) is 13.2. The lowest BCUT2D eigenvalue weighted by atomic mass is 10.0. The van der Waals surface area contributed by atoms with E-state index in [4.69, 9.17) is 0 Å². The number of nitrogens with zero attached hydrogens (tertiary/aromatic N) is 4. The number of likely N-dealkylation sites (tertiary alicyclic amines) is 2. The van der Waals surface area contributed by atoms with Crippen LogP contribution >= 0.6 is 0 Å². The van der Waals surface area contributed by atoms with Gasteiger partial charge in [-0.3, -0.25) is 19.5 Å². The normalized spacial score (nSPS) is 27.3. The summed E-state index contributed by atoms with van der Waals surface area (Å²) in [6.07, 6.45) is 4.70. The fraction of sp³-hybridized carbons (Fsp3) is 0.867. The summed E-state index contributed by atoms with van der Waals surface area (Å²) in [5, 5.41) is 0. The Labute approximate surface area is 126 Å². The van der Waals surface area contributed by atoms with Crippen molar-refractivity contribution in [3.05, 3.63) is 0 Å². The Morgan fingerprint density at radius 2 is 1.33 bits per heavy atom. The molecule has 3 aliphatic heterocycles. The molecule has 6 heteroatoms. The van der Waals surface area contributed by atoms with E-state index in [9.17, 15) is 9.59 Å². The number of carbonyl (C=O) groups is 2. The summed E-state index contributed by atoms with van der Waals surface area (Å²) >= 11 is 0. The lowest BCUT2D eigenvalue weighted by Crippen LogP contribution is -2.49. The lowest BCUT2D eigenvalue weighted by molar-refractivity contribution is -0.133. The summed E-state index contributed by atoms with van der Waals surface area (Å²) in [5.41, 5.74) is -0.723. The second-order valence-electron chi connectivity index (χ2n) is 6.94. The van der Waals surface area contributed by atoms with Crippen LogP contribution in [0.1, 0.15) is 39.5 Å². The maximum absolute atomic E-state index is 12.7. The van der Waals surface area contributed by atoms with Crippen molar-refractivity contribution in [1.29, 1.82) is 0 Å². The van der Waals surface area contributed by atoms with Crippen LogP contribution in [0.3, 0.4) is 0 Å². The molecule has 0 N–H and O–H groups in total. The van der Waals surface area contributed by atoms with Gasteiger partial charge in [0.25, 0.3) is 5.91 Å². The summed E-state index contributed by atoms with van der Waals surface area (Å²) < 4.78 is 0. The molecule has 3 rings (SSSR count). The summed E-state index contributed by atoms with van der Waals surface area (Å²) in [6.45, 7) is 8.81. The highest BCUT2D eigenvalue weighted by Gasteiger charge is 2.51. The van der Waals surface area contributed by atoms with Gasteiger partial charge in [-0.25, -0.2) is 9.69 Å². The van der Waals surface area contributed by atoms with Gasteiger partial charge in [0.1, 0.15) is 5.54 Å². The minimum Gasteiger partial charge on any atom is -0.297 e. The Kier molecular flexibility index (Phi) is 3.92. The van der Waals surface area contributed by atoms with Gasteiger partial charge in [0.15, 0.2) is 0 Å². The maximum atomic E-state index is 12.7. The zero-order chi connectivity index (χ0) is 15.0. The Morgan fingerprint density at radius 3 is 1.86 bits per heavy atom. The van der Waals surface area contributed by atoms with Crippen LogP contribution in [0.4, 0.5) is 4.79 Å². The van der Waals surface area contributed by atoms with E-state index in [1.807, 2.05) is 13.8 Å². The van der Waals surface area contributed by atoms with E-state index in [2.05, 4.69) is 9.80 Å². The fourth-order valence-electron chi connectivity index (χ4n) is 3.53. The zero-order valence-corrected chi connectivity index (χ0v) is 13.2. The van der Waals surface area contributed by atoms with Gasteiger partial charge in [0.2, 0.25) is 0 Å². The topological polar surface area (TPSA) is 47.1 Å². The highest BCUT2D eigenvalue weighted by Crippen LogP contribution is 2.29. The molecule has 0 aromatic carbocycles. The van der Waals surface area contributed by atoms with Crippen LogP contribution in [0.5, 0.6) is 0 Å². The molecule has 0 spiro atoms. The van der Waals surface area contributed by atoms with Gasteiger partial charge in [-0.15, -0.1) is 0 Å². The predicted molar refractivity (Wildman–Crippen MR) is 79.5 cm³/mol. The molecule has 0 radical (unpaired) electrons. The van der Waals surface area contributed by atoms with Gasteiger partial charge in [0.05, 0.1) is 13.3 Å². The second-order valence-corrected chi connectivity index (χ2v) is 6.94. The third-order valence-electron chi connectivity index (χ3n) is 4.99. The first-order valence-corrected chi connectivity index (χ1v) is 8.08. The molecule has 0 atom stereocenters. The summed E-state index contributed by atoms with van der Waals surface area (Å²) in [5.74, 6) is -0.0569. The van der Waals surface area contributed by atoms with E-state index < -0.39 is 5.54 Å². The van der Waals surface area contributed by atoms with E-state index in [1.165, 1.54) is 17.7 Å². The van der Waals surface area contributed by atoms with Crippen LogP contribution in [0, 0.1) is 0 Å². The molecule has 6 nitrogen and oxygen atoms in total. The molecular weight excluding hydrogens is 268 g/mol. The number of carbonyl (C=O) groups excluding carboxylic acids is 2. The molecule has 3 amide bonds. The van der Waals surface area contributed by atoms with Crippen LogP contribution in [-0.2, 0) is 4.79 Å². The minimum atomic E-state index is -0.723. The van der Waals surface area contributed by atoms with E-state index in [0.29, 0.717) is 13.3 Å². The maximum Gasteiger partial charge on any atom is 0.329 e. The largest absolute Gasteiger partial charge is 0.329 e. The van der Waals surface area contributed by atoms with Crippen LogP contribution in [0.25, 0.3) is 0 Å². The van der Waals surface area contributed by atoms with E-state index in [1.54, 1.807) is 4.90 Å².